The average molecular weight is 274 g/mol. The van der Waals surface area contributed by atoms with Crippen LogP contribution in [0.4, 0.5) is 5.82 Å². The molecule has 3 rings (SSSR count). The molecule has 102 valence electrons. The molecule has 0 fully saturated rings. The highest BCUT2D eigenvalue weighted by atomic mass is 15.0. The summed E-state index contributed by atoms with van der Waals surface area (Å²) in [4.78, 5) is 8.68. The van der Waals surface area contributed by atoms with E-state index < -0.39 is 0 Å². The molecule has 4 nitrogen and oxygen atoms in total. The van der Waals surface area contributed by atoms with Crippen LogP contribution in [0.2, 0.25) is 0 Å². The van der Waals surface area contributed by atoms with Gasteiger partial charge in [0.2, 0.25) is 0 Å². The summed E-state index contributed by atoms with van der Waals surface area (Å²) in [5.41, 5.74) is 2.52. The molecular weight excluding hydrogens is 260 g/mol. The van der Waals surface area contributed by atoms with Gasteiger partial charge >= 0.3 is 0 Å². The SMILES string of the molecule is CC(Nc1cc(C#N)c2ccccc2n1)c1cccnc1. The number of benzene rings is 1. The molecule has 1 unspecified atom stereocenters. The van der Waals surface area contributed by atoms with Crippen molar-refractivity contribution in [3.05, 3.63) is 66.0 Å². The van der Waals surface area contributed by atoms with E-state index in [-0.39, 0.29) is 6.04 Å². The molecule has 0 saturated heterocycles. The zero-order valence-electron chi connectivity index (χ0n) is 11.6. The van der Waals surface area contributed by atoms with Gasteiger partial charge in [-0.15, -0.1) is 0 Å². The van der Waals surface area contributed by atoms with Gasteiger partial charge < -0.3 is 5.32 Å². The number of fused-ring (bicyclic) bond motifs is 1. The molecule has 0 bridgehead atoms. The largest absolute Gasteiger partial charge is 0.363 e. The van der Waals surface area contributed by atoms with Crippen LogP contribution in [-0.2, 0) is 0 Å². The Labute approximate surface area is 123 Å². The van der Waals surface area contributed by atoms with E-state index in [4.69, 9.17) is 0 Å². The predicted molar refractivity (Wildman–Crippen MR) is 82.7 cm³/mol. The van der Waals surface area contributed by atoms with Crippen LogP contribution in [0.1, 0.15) is 24.1 Å². The molecule has 1 atom stereocenters. The van der Waals surface area contributed by atoms with Gasteiger partial charge in [-0.25, -0.2) is 4.98 Å². The Morgan fingerprint density at radius 1 is 1.19 bits per heavy atom. The van der Waals surface area contributed by atoms with Crippen LogP contribution in [0.3, 0.4) is 0 Å². The van der Waals surface area contributed by atoms with Crippen molar-refractivity contribution < 1.29 is 0 Å². The fourth-order valence-corrected chi connectivity index (χ4v) is 2.28. The molecule has 1 N–H and O–H groups in total. The quantitative estimate of drug-likeness (QED) is 0.791. The van der Waals surface area contributed by atoms with Crippen LogP contribution in [0.15, 0.2) is 54.9 Å². The minimum absolute atomic E-state index is 0.0684. The minimum Gasteiger partial charge on any atom is -0.363 e. The predicted octanol–water partition coefficient (Wildman–Crippen LogP) is 3.67. The van der Waals surface area contributed by atoms with E-state index in [9.17, 15) is 5.26 Å². The Balaban J connectivity index is 1.96. The first-order valence-electron chi connectivity index (χ1n) is 6.74. The lowest BCUT2D eigenvalue weighted by molar-refractivity contribution is 0.868. The average Bonchev–Trinajstić information content (AvgIpc) is 2.55. The van der Waals surface area contributed by atoms with Crippen LogP contribution in [0.5, 0.6) is 0 Å². The summed E-state index contributed by atoms with van der Waals surface area (Å²) >= 11 is 0. The molecule has 21 heavy (non-hydrogen) atoms. The summed E-state index contributed by atoms with van der Waals surface area (Å²) in [6.45, 7) is 2.04. The normalized spacial score (nSPS) is 11.8. The molecule has 0 spiro atoms. The van der Waals surface area contributed by atoms with Gasteiger partial charge in [0.1, 0.15) is 5.82 Å². The third kappa shape index (κ3) is 2.67. The number of nitrogens with one attached hydrogen (secondary N) is 1. The monoisotopic (exact) mass is 274 g/mol. The molecule has 0 aliphatic heterocycles. The van der Waals surface area contributed by atoms with Gasteiger partial charge in [-0.1, -0.05) is 24.3 Å². The minimum atomic E-state index is 0.0684. The maximum absolute atomic E-state index is 9.30. The van der Waals surface area contributed by atoms with Gasteiger partial charge in [-0.3, -0.25) is 4.98 Å². The van der Waals surface area contributed by atoms with E-state index in [2.05, 4.69) is 21.4 Å². The van der Waals surface area contributed by atoms with E-state index in [0.29, 0.717) is 11.4 Å². The van der Waals surface area contributed by atoms with Crippen LogP contribution < -0.4 is 5.32 Å². The van der Waals surface area contributed by atoms with E-state index >= 15 is 0 Å². The van der Waals surface area contributed by atoms with E-state index in [1.807, 2.05) is 49.5 Å². The lowest BCUT2D eigenvalue weighted by Crippen LogP contribution is -2.08. The standard InChI is InChI=1S/C17H14N4/c1-12(13-5-4-8-19-11-13)20-17-9-14(10-18)15-6-2-3-7-16(15)21-17/h2-9,11-12H,1H3,(H,20,21). The van der Waals surface area contributed by atoms with Crippen LogP contribution >= 0.6 is 0 Å². The first-order valence-corrected chi connectivity index (χ1v) is 6.74. The highest BCUT2D eigenvalue weighted by Gasteiger charge is 2.09. The number of pyridine rings is 2. The summed E-state index contributed by atoms with van der Waals surface area (Å²) in [6.07, 6.45) is 3.57. The number of anilines is 1. The number of para-hydroxylation sites is 1. The number of nitrogens with zero attached hydrogens (tertiary/aromatic N) is 3. The van der Waals surface area contributed by atoms with Crippen LogP contribution in [-0.4, -0.2) is 9.97 Å². The molecule has 0 amide bonds. The Kier molecular flexibility index (Phi) is 3.48. The molecule has 0 aliphatic carbocycles. The van der Waals surface area contributed by atoms with E-state index in [1.54, 1.807) is 12.3 Å². The number of hydrogen-bond acceptors (Lipinski definition) is 4. The first kappa shape index (κ1) is 13.1. The van der Waals surface area contributed by atoms with Crippen molar-refractivity contribution in [2.75, 3.05) is 5.32 Å². The fourth-order valence-electron chi connectivity index (χ4n) is 2.28. The van der Waals surface area contributed by atoms with Gasteiger partial charge in [0.25, 0.3) is 0 Å². The first-order chi connectivity index (χ1) is 10.3. The second-order valence-corrected chi connectivity index (χ2v) is 4.84. The Morgan fingerprint density at radius 3 is 2.81 bits per heavy atom. The maximum Gasteiger partial charge on any atom is 0.128 e. The summed E-state index contributed by atoms with van der Waals surface area (Å²) in [5, 5.41) is 13.5. The maximum atomic E-state index is 9.30. The molecule has 2 heterocycles. The molecule has 0 aliphatic rings. The lowest BCUT2D eigenvalue weighted by Gasteiger charge is -2.15. The molecule has 4 heteroatoms. The third-order valence-electron chi connectivity index (χ3n) is 3.39. The highest BCUT2D eigenvalue weighted by molar-refractivity contribution is 5.86. The second-order valence-electron chi connectivity index (χ2n) is 4.84. The van der Waals surface area contributed by atoms with Crippen molar-refractivity contribution >= 4 is 16.7 Å². The second kappa shape index (κ2) is 5.59. The molecule has 0 radical (unpaired) electrons. The van der Waals surface area contributed by atoms with Crippen LogP contribution in [0.25, 0.3) is 10.9 Å². The fraction of sp³-hybridized carbons (Fsp3) is 0.118. The summed E-state index contributed by atoms with van der Waals surface area (Å²) in [6, 6.07) is 15.7. The number of rotatable bonds is 3. The lowest BCUT2D eigenvalue weighted by atomic mass is 10.1. The van der Waals surface area contributed by atoms with Gasteiger partial charge in [-0.2, -0.15) is 5.26 Å². The van der Waals surface area contributed by atoms with Crippen molar-refractivity contribution in [3.8, 4) is 6.07 Å². The Hall–Kier alpha value is -2.93. The smallest absolute Gasteiger partial charge is 0.128 e. The Bertz CT molecular complexity index is 806. The molecule has 3 aromatic rings. The zero-order chi connectivity index (χ0) is 14.7. The van der Waals surface area contributed by atoms with Crippen molar-refractivity contribution in [2.24, 2.45) is 0 Å². The summed E-state index contributed by atoms with van der Waals surface area (Å²) in [5.74, 6) is 0.696. The third-order valence-corrected chi connectivity index (χ3v) is 3.39. The number of nitriles is 1. The van der Waals surface area contributed by atoms with E-state index in [1.165, 1.54) is 0 Å². The van der Waals surface area contributed by atoms with Crippen molar-refractivity contribution in [3.63, 3.8) is 0 Å². The molecule has 0 saturated carbocycles. The van der Waals surface area contributed by atoms with E-state index in [0.717, 1.165) is 16.5 Å². The molecule has 2 aromatic heterocycles. The van der Waals surface area contributed by atoms with Gasteiger partial charge in [0.05, 0.1) is 23.2 Å². The molecular formula is C17H14N4. The number of aromatic nitrogens is 2. The summed E-state index contributed by atoms with van der Waals surface area (Å²) in [7, 11) is 0. The van der Waals surface area contributed by atoms with Crippen LogP contribution in [0, 0.1) is 11.3 Å². The highest BCUT2D eigenvalue weighted by Crippen LogP contribution is 2.23. The topological polar surface area (TPSA) is 61.6 Å². The summed E-state index contributed by atoms with van der Waals surface area (Å²) < 4.78 is 0. The van der Waals surface area contributed by atoms with Gasteiger partial charge in [-0.05, 0) is 30.7 Å². The van der Waals surface area contributed by atoms with Gasteiger partial charge in [0, 0.05) is 17.8 Å². The number of hydrogen-bond donors (Lipinski definition) is 1. The van der Waals surface area contributed by atoms with Crippen molar-refractivity contribution in [1.29, 1.82) is 5.26 Å². The van der Waals surface area contributed by atoms with Crippen molar-refractivity contribution in [2.45, 2.75) is 13.0 Å². The zero-order valence-corrected chi connectivity index (χ0v) is 11.6. The van der Waals surface area contributed by atoms with Gasteiger partial charge in [0.15, 0.2) is 0 Å². The Morgan fingerprint density at radius 2 is 2.05 bits per heavy atom. The van der Waals surface area contributed by atoms with Crippen molar-refractivity contribution in [1.82, 2.24) is 9.97 Å². The molecule has 1 aromatic carbocycles.